The molecule has 0 saturated carbocycles. The number of carbonyl (C=O) groups excluding carboxylic acids is 1. The second-order valence-corrected chi connectivity index (χ2v) is 6.00. The summed E-state index contributed by atoms with van der Waals surface area (Å²) in [6, 6.07) is 0. The van der Waals surface area contributed by atoms with E-state index >= 15 is 0 Å². The van der Waals surface area contributed by atoms with Crippen LogP contribution in [0, 0.1) is 5.41 Å². The van der Waals surface area contributed by atoms with Crippen LogP contribution in [-0.4, -0.2) is 49.7 Å². The molecule has 1 amide bonds. The van der Waals surface area contributed by atoms with E-state index in [1.165, 1.54) is 0 Å². The van der Waals surface area contributed by atoms with E-state index < -0.39 is 0 Å². The summed E-state index contributed by atoms with van der Waals surface area (Å²) in [5.41, 5.74) is 0.148. The average Bonchev–Trinajstić information content (AvgIpc) is 2.74. The standard InChI is InChI=1S/C13H24N2O2/c1-13(2)9-14-6-5-12(16)15(10-13)8-11-4-3-7-17-11/h11,14H,3-10H2,1-2H3. The number of hydrogen-bond acceptors (Lipinski definition) is 3. The van der Waals surface area contributed by atoms with Gasteiger partial charge in [0.1, 0.15) is 0 Å². The molecule has 2 aliphatic heterocycles. The van der Waals surface area contributed by atoms with Crippen LogP contribution in [0.1, 0.15) is 33.1 Å². The Morgan fingerprint density at radius 3 is 3.06 bits per heavy atom. The molecule has 0 aliphatic carbocycles. The summed E-state index contributed by atoms with van der Waals surface area (Å²) < 4.78 is 5.63. The average molecular weight is 240 g/mol. The first kappa shape index (κ1) is 12.8. The number of hydrogen-bond donors (Lipinski definition) is 1. The number of rotatable bonds is 2. The second kappa shape index (κ2) is 5.36. The first-order chi connectivity index (χ1) is 8.07. The lowest BCUT2D eigenvalue weighted by atomic mass is 9.91. The summed E-state index contributed by atoms with van der Waals surface area (Å²) >= 11 is 0. The highest BCUT2D eigenvalue weighted by Gasteiger charge is 2.29. The Morgan fingerprint density at radius 1 is 1.53 bits per heavy atom. The Balaban J connectivity index is 1.96. The second-order valence-electron chi connectivity index (χ2n) is 6.00. The molecule has 0 aromatic heterocycles. The molecule has 1 unspecified atom stereocenters. The monoisotopic (exact) mass is 240 g/mol. The number of nitrogens with zero attached hydrogens (tertiary/aromatic N) is 1. The SMILES string of the molecule is CC1(C)CNCCC(=O)N(CC2CCCO2)C1. The van der Waals surface area contributed by atoms with Gasteiger partial charge in [-0.2, -0.15) is 0 Å². The van der Waals surface area contributed by atoms with E-state index in [9.17, 15) is 4.79 Å². The van der Waals surface area contributed by atoms with E-state index in [-0.39, 0.29) is 17.4 Å². The fraction of sp³-hybridized carbons (Fsp3) is 0.923. The van der Waals surface area contributed by atoms with Crippen LogP contribution < -0.4 is 5.32 Å². The van der Waals surface area contributed by atoms with Gasteiger partial charge in [-0.15, -0.1) is 0 Å². The third-order valence-electron chi connectivity index (χ3n) is 3.54. The molecule has 0 spiro atoms. The minimum atomic E-state index is 0.148. The molecule has 1 atom stereocenters. The van der Waals surface area contributed by atoms with Crippen LogP contribution >= 0.6 is 0 Å². The molecule has 4 nitrogen and oxygen atoms in total. The fourth-order valence-corrected chi connectivity index (χ4v) is 2.64. The van der Waals surface area contributed by atoms with Crippen LogP contribution in [0.5, 0.6) is 0 Å². The molecule has 2 heterocycles. The van der Waals surface area contributed by atoms with Crippen molar-refractivity contribution in [2.75, 3.05) is 32.8 Å². The number of ether oxygens (including phenoxy) is 1. The highest BCUT2D eigenvalue weighted by Crippen LogP contribution is 2.21. The normalized spacial score (nSPS) is 30.1. The Bertz CT molecular complexity index is 273. The summed E-state index contributed by atoms with van der Waals surface area (Å²) in [5.74, 6) is 0.265. The van der Waals surface area contributed by atoms with Crippen LogP contribution in [-0.2, 0) is 9.53 Å². The maximum absolute atomic E-state index is 12.1. The molecule has 98 valence electrons. The summed E-state index contributed by atoms with van der Waals surface area (Å²) in [7, 11) is 0. The molecule has 2 rings (SSSR count). The smallest absolute Gasteiger partial charge is 0.223 e. The van der Waals surface area contributed by atoms with Crippen molar-refractivity contribution >= 4 is 5.91 Å². The topological polar surface area (TPSA) is 41.6 Å². The Morgan fingerprint density at radius 2 is 2.35 bits per heavy atom. The molecule has 2 saturated heterocycles. The van der Waals surface area contributed by atoms with E-state index in [1.54, 1.807) is 0 Å². The van der Waals surface area contributed by atoms with Gasteiger partial charge in [0.05, 0.1) is 6.10 Å². The van der Waals surface area contributed by atoms with Gasteiger partial charge in [-0.25, -0.2) is 0 Å². The van der Waals surface area contributed by atoms with Crippen molar-refractivity contribution in [2.24, 2.45) is 5.41 Å². The van der Waals surface area contributed by atoms with Crippen LogP contribution in [0.2, 0.25) is 0 Å². The molecule has 0 bridgehead atoms. The number of amides is 1. The van der Waals surface area contributed by atoms with E-state index in [2.05, 4.69) is 19.2 Å². The van der Waals surface area contributed by atoms with Gasteiger partial charge >= 0.3 is 0 Å². The summed E-state index contributed by atoms with van der Waals surface area (Å²) in [6.45, 7) is 8.66. The Kier molecular flexibility index (Phi) is 4.05. The Labute approximate surface area is 104 Å². The van der Waals surface area contributed by atoms with E-state index in [0.717, 1.165) is 45.6 Å². The highest BCUT2D eigenvalue weighted by atomic mass is 16.5. The first-order valence-corrected chi connectivity index (χ1v) is 6.67. The van der Waals surface area contributed by atoms with Crippen molar-refractivity contribution in [3.63, 3.8) is 0 Å². The summed E-state index contributed by atoms with van der Waals surface area (Å²) in [6.07, 6.45) is 3.12. The molecule has 17 heavy (non-hydrogen) atoms. The van der Waals surface area contributed by atoms with E-state index in [1.807, 2.05) is 4.90 Å². The zero-order valence-electron chi connectivity index (χ0n) is 11.0. The van der Waals surface area contributed by atoms with Crippen molar-refractivity contribution in [1.82, 2.24) is 10.2 Å². The highest BCUT2D eigenvalue weighted by molar-refractivity contribution is 5.76. The lowest BCUT2D eigenvalue weighted by molar-refractivity contribution is -0.134. The minimum Gasteiger partial charge on any atom is -0.376 e. The van der Waals surface area contributed by atoms with Crippen LogP contribution in [0.4, 0.5) is 0 Å². The third-order valence-corrected chi connectivity index (χ3v) is 3.54. The summed E-state index contributed by atoms with van der Waals surface area (Å²) in [4.78, 5) is 14.1. The summed E-state index contributed by atoms with van der Waals surface area (Å²) in [5, 5.41) is 3.34. The van der Waals surface area contributed by atoms with Crippen LogP contribution in [0.25, 0.3) is 0 Å². The molecule has 0 aromatic carbocycles. The van der Waals surface area contributed by atoms with Crippen molar-refractivity contribution in [2.45, 2.75) is 39.2 Å². The molecule has 4 heteroatoms. The van der Waals surface area contributed by atoms with Gasteiger partial charge in [0.25, 0.3) is 0 Å². The molecule has 2 aliphatic rings. The first-order valence-electron chi connectivity index (χ1n) is 6.67. The van der Waals surface area contributed by atoms with Crippen molar-refractivity contribution in [1.29, 1.82) is 0 Å². The van der Waals surface area contributed by atoms with E-state index in [4.69, 9.17) is 4.74 Å². The van der Waals surface area contributed by atoms with Crippen LogP contribution in [0.15, 0.2) is 0 Å². The lowest BCUT2D eigenvalue weighted by Gasteiger charge is -2.36. The maximum Gasteiger partial charge on any atom is 0.223 e. The van der Waals surface area contributed by atoms with Gasteiger partial charge in [-0.1, -0.05) is 13.8 Å². The van der Waals surface area contributed by atoms with E-state index in [0.29, 0.717) is 6.42 Å². The van der Waals surface area contributed by atoms with Crippen molar-refractivity contribution < 1.29 is 9.53 Å². The zero-order chi connectivity index (χ0) is 12.3. The molecular formula is C13H24N2O2. The largest absolute Gasteiger partial charge is 0.376 e. The third kappa shape index (κ3) is 3.68. The molecule has 1 N–H and O–H groups in total. The fourth-order valence-electron chi connectivity index (χ4n) is 2.64. The molecule has 2 fully saturated rings. The Hall–Kier alpha value is -0.610. The predicted molar refractivity (Wildman–Crippen MR) is 66.8 cm³/mol. The quantitative estimate of drug-likeness (QED) is 0.783. The number of nitrogens with one attached hydrogen (secondary N) is 1. The predicted octanol–water partition coefficient (Wildman–Crippen LogP) is 1.01. The van der Waals surface area contributed by atoms with Gasteiger partial charge in [-0.3, -0.25) is 4.79 Å². The van der Waals surface area contributed by atoms with Gasteiger partial charge < -0.3 is 15.0 Å². The maximum atomic E-state index is 12.1. The van der Waals surface area contributed by atoms with Crippen molar-refractivity contribution in [3.8, 4) is 0 Å². The zero-order valence-corrected chi connectivity index (χ0v) is 11.0. The minimum absolute atomic E-state index is 0.148. The van der Waals surface area contributed by atoms with Gasteiger partial charge in [0.2, 0.25) is 5.91 Å². The molecule has 0 aromatic rings. The van der Waals surface area contributed by atoms with Crippen molar-refractivity contribution in [3.05, 3.63) is 0 Å². The van der Waals surface area contributed by atoms with Gasteiger partial charge in [0, 0.05) is 39.2 Å². The number of carbonyl (C=O) groups is 1. The van der Waals surface area contributed by atoms with Gasteiger partial charge in [0.15, 0.2) is 0 Å². The van der Waals surface area contributed by atoms with Gasteiger partial charge in [-0.05, 0) is 18.3 Å². The molecule has 0 radical (unpaired) electrons. The molecular weight excluding hydrogens is 216 g/mol. The lowest BCUT2D eigenvalue weighted by Crippen LogP contribution is -2.49. The van der Waals surface area contributed by atoms with Crippen LogP contribution in [0.3, 0.4) is 0 Å².